The average Bonchev–Trinajstić information content (AvgIpc) is 2.95. The maximum atomic E-state index is 4.30. The maximum absolute atomic E-state index is 4.30. The Balaban J connectivity index is 2.11. The standard InChI is InChI=1S/C14H11N3S/c1-3-7-12(8-4-1)17(14-15-11-16-18-14)13-9-5-2-6-10-13/h1-11H. The van der Waals surface area contributed by atoms with Crippen LogP contribution < -0.4 is 4.90 Å². The summed E-state index contributed by atoms with van der Waals surface area (Å²) < 4.78 is 4.08. The number of nitrogens with zero attached hydrogens (tertiary/aromatic N) is 3. The lowest BCUT2D eigenvalue weighted by Crippen LogP contribution is -2.08. The Morgan fingerprint density at radius 2 is 1.33 bits per heavy atom. The Morgan fingerprint density at radius 1 is 0.778 bits per heavy atom. The van der Waals surface area contributed by atoms with Crippen LogP contribution in [0, 0.1) is 0 Å². The minimum Gasteiger partial charge on any atom is -0.285 e. The van der Waals surface area contributed by atoms with Crippen LogP contribution in [0.5, 0.6) is 0 Å². The Kier molecular flexibility index (Phi) is 3.02. The summed E-state index contributed by atoms with van der Waals surface area (Å²) in [5.74, 6) is 0. The molecule has 0 fully saturated rings. The van der Waals surface area contributed by atoms with Crippen molar-refractivity contribution < 1.29 is 0 Å². The van der Waals surface area contributed by atoms with Crippen molar-refractivity contribution in [1.29, 1.82) is 0 Å². The fourth-order valence-electron chi connectivity index (χ4n) is 1.79. The van der Waals surface area contributed by atoms with Crippen LogP contribution in [0.25, 0.3) is 0 Å². The lowest BCUT2D eigenvalue weighted by atomic mass is 10.2. The van der Waals surface area contributed by atoms with E-state index < -0.39 is 0 Å². The number of benzene rings is 2. The second-order valence-corrected chi connectivity index (χ2v) is 4.49. The van der Waals surface area contributed by atoms with E-state index in [0.717, 1.165) is 16.5 Å². The summed E-state index contributed by atoms with van der Waals surface area (Å²) >= 11 is 1.39. The number of para-hydroxylation sites is 2. The molecule has 3 nitrogen and oxygen atoms in total. The van der Waals surface area contributed by atoms with Crippen LogP contribution in [0.4, 0.5) is 16.5 Å². The molecule has 0 saturated carbocycles. The molecule has 88 valence electrons. The molecule has 1 aromatic heterocycles. The highest BCUT2D eigenvalue weighted by Crippen LogP contribution is 2.33. The fourth-order valence-corrected chi connectivity index (χ4v) is 2.37. The summed E-state index contributed by atoms with van der Waals surface area (Å²) in [6, 6.07) is 20.3. The molecule has 0 radical (unpaired) electrons. The van der Waals surface area contributed by atoms with E-state index in [1.165, 1.54) is 11.5 Å². The Morgan fingerprint density at radius 3 is 1.78 bits per heavy atom. The van der Waals surface area contributed by atoms with Crippen LogP contribution in [0.1, 0.15) is 0 Å². The van der Waals surface area contributed by atoms with Crippen LogP contribution in [0.15, 0.2) is 67.0 Å². The van der Waals surface area contributed by atoms with Gasteiger partial charge in [0.05, 0.1) is 0 Å². The minimum absolute atomic E-state index is 0.868. The summed E-state index contributed by atoms with van der Waals surface area (Å²) in [6.45, 7) is 0. The highest BCUT2D eigenvalue weighted by atomic mass is 32.1. The number of aromatic nitrogens is 2. The van der Waals surface area contributed by atoms with Gasteiger partial charge in [-0.3, -0.25) is 4.90 Å². The number of hydrogen-bond donors (Lipinski definition) is 0. The van der Waals surface area contributed by atoms with Crippen LogP contribution in [-0.4, -0.2) is 9.36 Å². The van der Waals surface area contributed by atoms with Gasteiger partial charge in [-0.05, 0) is 24.3 Å². The molecule has 0 N–H and O–H groups in total. The van der Waals surface area contributed by atoms with E-state index in [1.54, 1.807) is 6.33 Å². The smallest absolute Gasteiger partial charge is 0.214 e. The zero-order chi connectivity index (χ0) is 12.2. The second kappa shape index (κ2) is 4.98. The average molecular weight is 253 g/mol. The zero-order valence-electron chi connectivity index (χ0n) is 9.60. The monoisotopic (exact) mass is 253 g/mol. The summed E-state index contributed by atoms with van der Waals surface area (Å²) in [7, 11) is 0. The van der Waals surface area contributed by atoms with E-state index in [2.05, 4.69) is 38.5 Å². The molecule has 18 heavy (non-hydrogen) atoms. The molecule has 2 aromatic carbocycles. The third-order valence-corrected chi connectivity index (χ3v) is 3.22. The number of rotatable bonds is 3. The van der Waals surface area contributed by atoms with E-state index in [9.17, 15) is 0 Å². The van der Waals surface area contributed by atoms with Crippen LogP contribution in [-0.2, 0) is 0 Å². The fraction of sp³-hybridized carbons (Fsp3) is 0. The molecule has 4 heteroatoms. The lowest BCUT2D eigenvalue weighted by molar-refractivity contribution is 1.22. The van der Waals surface area contributed by atoms with Crippen molar-refractivity contribution in [2.24, 2.45) is 0 Å². The largest absolute Gasteiger partial charge is 0.285 e. The lowest BCUT2D eigenvalue weighted by Gasteiger charge is -2.21. The molecule has 0 atom stereocenters. The summed E-state index contributed by atoms with van der Waals surface area (Å²) in [4.78, 5) is 6.40. The predicted molar refractivity (Wildman–Crippen MR) is 74.6 cm³/mol. The Hall–Kier alpha value is -2.20. The first kappa shape index (κ1) is 10.9. The first-order chi connectivity index (χ1) is 8.95. The van der Waals surface area contributed by atoms with E-state index in [-0.39, 0.29) is 0 Å². The van der Waals surface area contributed by atoms with Crippen molar-refractivity contribution in [1.82, 2.24) is 9.36 Å². The van der Waals surface area contributed by atoms with Gasteiger partial charge >= 0.3 is 0 Å². The SMILES string of the molecule is c1ccc(N(c2ccccc2)c2ncns2)cc1. The van der Waals surface area contributed by atoms with Gasteiger partial charge in [-0.2, -0.15) is 4.37 Å². The molecule has 3 aromatic rings. The maximum Gasteiger partial charge on any atom is 0.214 e. The molecular weight excluding hydrogens is 242 g/mol. The molecule has 0 bridgehead atoms. The molecule has 0 aliphatic carbocycles. The van der Waals surface area contributed by atoms with E-state index in [0.29, 0.717) is 0 Å². The van der Waals surface area contributed by atoms with Crippen LogP contribution in [0.3, 0.4) is 0 Å². The first-order valence-electron chi connectivity index (χ1n) is 5.62. The first-order valence-corrected chi connectivity index (χ1v) is 6.39. The molecule has 0 aliphatic rings. The quantitative estimate of drug-likeness (QED) is 0.706. The highest BCUT2D eigenvalue weighted by Gasteiger charge is 2.13. The van der Waals surface area contributed by atoms with Crippen molar-refractivity contribution in [2.75, 3.05) is 4.90 Å². The van der Waals surface area contributed by atoms with Crippen molar-refractivity contribution in [3.8, 4) is 0 Å². The summed E-state index contributed by atoms with van der Waals surface area (Å²) in [6.07, 6.45) is 1.58. The molecule has 0 amide bonds. The van der Waals surface area contributed by atoms with Crippen LogP contribution >= 0.6 is 11.5 Å². The number of hydrogen-bond acceptors (Lipinski definition) is 4. The highest BCUT2D eigenvalue weighted by molar-refractivity contribution is 7.09. The van der Waals surface area contributed by atoms with Gasteiger partial charge in [-0.1, -0.05) is 36.4 Å². The van der Waals surface area contributed by atoms with E-state index in [4.69, 9.17) is 0 Å². The molecule has 3 rings (SSSR count). The minimum atomic E-state index is 0.868. The summed E-state index contributed by atoms with van der Waals surface area (Å²) in [5.41, 5.74) is 2.17. The van der Waals surface area contributed by atoms with Crippen molar-refractivity contribution in [3.63, 3.8) is 0 Å². The molecule has 0 aliphatic heterocycles. The van der Waals surface area contributed by atoms with Crippen molar-refractivity contribution in [3.05, 3.63) is 67.0 Å². The van der Waals surface area contributed by atoms with E-state index in [1.807, 2.05) is 36.4 Å². The third-order valence-electron chi connectivity index (χ3n) is 2.57. The van der Waals surface area contributed by atoms with E-state index >= 15 is 0 Å². The molecule has 0 saturated heterocycles. The van der Waals surface area contributed by atoms with Gasteiger partial charge < -0.3 is 0 Å². The normalized spacial score (nSPS) is 10.2. The predicted octanol–water partition coefficient (Wildman–Crippen LogP) is 4.01. The molecule has 0 unspecified atom stereocenters. The van der Waals surface area contributed by atoms with Crippen LogP contribution in [0.2, 0.25) is 0 Å². The van der Waals surface area contributed by atoms with Gasteiger partial charge in [0.15, 0.2) is 0 Å². The van der Waals surface area contributed by atoms with Gasteiger partial charge in [-0.25, -0.2) is 4.98 Å². The van der Waals surface area contributed by atoms with Crippen molar-refractivity contribution in [2.45, 2.75) is 0 Å². The topological polar surface area (TPSA) is 29.0 Å². The zero-order valence-corrected chi connectivity index (χ0v) is 10.4. The van der Waals surface area contributed by atoms with Gasteiger partial charge in [0.2, 0.25) is 5.13 Å². The van der Waals surface area contributed by atoms with Gasteiger partial charge in [0, 0.05) is 22.9 Å². The molecule has 0 spiro atoms. The Labute approximate surface area is 110 Å². The van der Waals surface area contributed by atoms with Gasteiger partial charge in [0.1, 0.15) is 6.33 Å². The molecular formula is C14H11N3S. The Bertz CT molecular complexity index is 554. The van der Waals surface area contributed by atoms with Gasteiger partial charge in [-0.15, -0.1) is 0 Å². The van der Waals surface area contributed by atoms with Crippen molar-refractivity contribution >= 4 is 28.0 Å². The van der Waals surface area contributed by atoms with Gasteiger partial charge in [0.25, 0.3) is 0 Å². The number of anilines is 3. The summed E-state index contributed by atoms with van der Waals surface area (Å²) in [5, 5.41) is 0.868. The molecule has 1 heterocycles. The third kappa shape index (κ3) is 2.10. The second-order valence-electron chi connectivity index (χ2n) is 3.73.